The van der Waals surface area contributed by atoms with Crippen LogP contribution in [0.3, 0.4) is 0 Å². The highest BCUT2D eigenvalue weighted by Crippen LogP contribution is 2.39. The van der Waals surface area contributed by atoms with Crippen molar-refractivity contribution in [3.05, 3.63) is 141 Å². The number of anilines is 1. The maximum Gasteiger partial charge on any atom is 0.269 e. The summed E-state index contributed by atoms with van der Waals surface area (Å²) in [5, 5.41) is 21.7. The molecule has 0 spiro atoms. The van der Waals surface area contributed by atoms with Crippen molar-refractivity contribution >= 4 is 55.3 Å². The third-order valence-electron chi connectivity index (χ3n) is 8.01. The Morgan fingerprint density at radius 3 is 2.34 bits per heavy atom. The van der Waals surface area contributed by atoms with E-state index < -0.39 is 4.92 Å². The lowest BCUT2D eigenvalue weighted by Gasteiger charge is -2.23. The van der Waals surface area contributed by atoms with E-state index in [0.29, 0.717) is 17.5 Å². The van der Waals surface area contributed by atoms with Crippen LogP contribution in [0.25, 0.3) is 38.2 Å². The van der Waals surface area contributed by atoms with Crippen LogP contribution >= 0.6 is 0 Å². The molecule has 0 N–H and O–H groups in total. The van der Waals surface area contributed by atoms with Gasteiger partial charge in [0.25, 0.3) is 11.2 Å². The van der Waals surface area contributed by atoms with Gasteiger partial charge in [0.1, 0.15) is 5.65 Å². The van der Waals surface area contributed by atoms with Crippen LogP contribution in [0.2, 0.25) is 0 Å². The minimum Gasteiger partial charge on any atom is -0.268 e. The fourth-order valence-corrected chi connectivity index (χ4v) is 6.13. The summed E-state index contributed by atoms with van der Waals surface area (Å²) in [4.78, 5) is 29.5. The van der Waals surface area contributed by atoms with Gasteiger partial charge in [-0.3, -0.25) is 24.3 Å². The number of para-hydroxylation sites is 2. The van der Waals surface area contributed by atoms with Crippen LogP contribution in [0, 0.1) is 10.1 Å². The van der Waals surface area contributed by atoms with Gasteiger partial charge in [0, 0.05) is 40.3 Å². The van der Waals surface area contributed by atoms with Crippen LogP contribution in [-0.2, 0) is 0 Å². The Balaban J connectivity index is 1.34. The Morgan fingerprint density at radius 1 is 0.780 bits per heavy atom. The van der Waals surface area contributed by atoms with Gasteiger partial charge in [-0.1, -0.05) is 66.7 Å². The standard InChI is InChI=1S/C33H21N5O3/c39-33-26-18-17-23(24-9-6-10-25(31(24)26)32-34-27-11-4-5-12-29(27)36(32)33)28-19-30(20-7-2-1-3-8-20)37(35-28)21-13-15-22(16-14-21)38(40)41/h1-18,30H,19H2. The number of rotatable bonds is 4. The minimum absolute atomic E-state index is 0.0349. The summed E-state index contributed by atoms with van der Waals surface area (Å²) in [7, 11) is 0. The van der Waals surface area contributed by atoms with Gasteiger partial charge < -0.3 is 0 Å². The third kappa shape index (κ3) is 3.44. The van der Waals surface area contributed by atoms with Gasteiger partial charge in [-0.2, -0.15) is 5.10 Å². The summed E-state index contributed by atoms with van der Waals surface area (Å²) < 4.78 is 1.71. The molecular formula is C33H21N5O3. The Hall–Kier alpha value is -5.63. The third-order valence-corrected chi connectivity index (χ3v) is 8.01. The van der Waals surface area contributed by atoms with Crippen LogP contribution in [-0.4, -0.2) is 20.0 Å². The lowest BCUT2D eigenvalue weighted by molar-refractivity contribution is -0.384. The van der Waals surface area contributed by atoms with E-state index in [0.717, 1.165) is 49.7 Å². The van der Waals surface area contributed by atoms with E-state index in [9.17, 15) is 14.9 Å². The molecule has 0 fully saturated rings. The SMILES string of the molecule is O=c1c2ccc(C3=NN(c4ccc([N+](=O)[O-])cc4)C(c4ccccc4)C3)c3cccc(c32)c2nc3ccccc3n12. The Labute approximate surface area is 232 Å². The molecule has 8 heteroatoms. The molecule has 0 aliphatic carbocycles. The molecule has 0 saturated carbocycles. The van der Waals surface area contributed by atoms with E-state index in [1.807, 2.05) is 77.8 Å². The van der Waals surface area contributed by atoms with Crippen molar-refractivity contribution in [2.75, 3.05) is 5.01 Å². The number of nitrogens with zero attached hydrogens (tertiary/aromatic N) is 5. The first-order valence-corrected chi connectivity index (χ1v) is 13.3. The average molecular weight is 536 g/mol. The van der Waals surface area contributed by atoms with Gasteiger partial charge in [0.05, 0.1) is 33.4 Å². The summed E-state index contributed by atoms with van der Waals surface area (Å²) >= 11 is 0. The molecule has 8 nitrogen and oxygen atoms in total. The van der Waals surface area contributed by atoms with Crippen molar-refractivity contribution in [2.24, 2.45) is 5.10 Å². The zero-order chi connectivity index (χ0) is 27.7. The van der Waals surface area contributed by atoms with Gasteiger partial charge in [-0.15, -0.1) is 0 Å². The molecular weight excluding hydrogens is 514 g/mol. The molecule has 1 atom stereocenters. The predicted octanol–water partition coefficient (Wildman–Crippen LogP) is 6.86. The Kier molecular flexibility index (Phi) is 4.93. The van der Waals surface area contributed by atoms with Crippen molar-refractivity contribution in [1.29, 1.82) is 0 Å². The highest BCUT2D eigenvalue weighted by atomic mass is 16.6. The molecule has 0 radical (unpaired) electrons. The maximum absolute atomic E-state index is 13.8. The lowest BCUT2D eigenvalue weighted by atomic mass is 9.92. The molecule has 8 rings (SSSR count). The zero-order valence-corrected chi connectivity index (χ0v) is 21.6. The minimum atomic E-state index is -0.401. The second-order valence-electron chi connectivity index (χ2n) is 10.2. The predicted molar refractivity (Wildman–Crippen MR) is 161 cm³/mol. The number of pyridine rings is 1. The van der Waals surface area contributed by atoms with Gasteiger partial charge in [-0.05, 0) is 41.3 Å². The molecule has 1 aliphatic rings. The van der Waals surface area contributed by atoms with Crippen LogP contribution in [0.15, 0.2) is 119 Å². The van der Waals surface area contributed by atoms with E-state index in [1.54, 1.807) is 16.5 Å². The molecule has 5 aromatic carbocycles. The molecule has 41 heavy (non-hydrogen) atoms. The number of fused-ring (bicyclic) bond motifs is 4. The first-order valence-electron chi connectivity index (χ1n) is 13.3. The summed E-state index contributed by atoms with van der Waals surface area (Å²) in [6.45, 7) is 0. The van der Waals surface area contributed by atoms with Crippen LogP contribution in [0.1, 0.15) is 23.6 Å². The van der Waals surface area contributed by atoms with E-state index in [2.05, 4.69) is 12.1 Å². The van der Waals surface area contributed by atoms with E-state index in [1.165, 1.54) is 12.1 Å². The second-order valence-corrected chi connectivity index (χ2v) is 10.2. The summed E-state index contributed by atoms with van der Waals surface area (Å²) in [6.07, 6.45) is 0.631. The van der Waals surface area contributed by atoms with E-state index in [-0.39, 0.29) is 17.3 Å². The fourth-order valence-electron chi connectivity index (χ4n) is 6.13. The van der Waals surface area contributed by atoms with E-state index >= 15 is 0 Å². The number of non-ortho nitro benzene ring substituents is 1. The first-order chi connectivity index (χ1) is 20.1. The number of nitro groups is 1. The molecule has 7 aromatic rings. The highest BCUT2D eigenvalue weighted by molar-refractivity contribution is 6.22. The summed E-state index contributed by atoms with van der Waals surface area (Å²) in [5.74, 6) is 0. The van der Waals surface area contributed by atoms with Crippen molar-refractivity contribution in [3.8, 4) is 0 Å². The Bertz CT molecular complexity index is 2240. The van der Waals surface area contributed by atoms with Gasteiger partial charge in [0.2, 0.25) is 0 Å². The fraction of sp³-hybridized carbons (Fsp3) is 0.0606. The molecule has 2 aromatic heterocycles. The van der Waals surface area contributed by atoms with Gasteiger partial charge in [-0.25, -0.2) is 4.98 Å². The molecule has 1 unspecified atom stereocenters. The normalized spacial score (nSPS) is 15.4. The van der Waals surface area contributed by atoms with E-state index in [4.69, 9.17) is 10.1 Å². The highest BCUT2D eigenvalue weighted by Gasteiger charge is 2.31. The number of hydrogen-bond donors (Lipinski definition) is 0. The number of hydrazone groups is 1. The first kappa shape index (κ1) is 23.3. The number of nitro benzene ring substituents is 1. The van der Waals surface area contributed by atoms with Gasteiger partial charge >= 0.3 is 0 Å². The molecule has 3 heterocycles. The van der Waals surface area contributed by atoms with Crippen LogP contribution in [0.5, 0.6) is 0 Å². The van der Waals surface area contributed by atoms with Crippen molar-refractivity contribution < 1.29 is 4.92 Å². The number of hydrogen-bond acceptors (Lipinski definition) is 6. The quantitative estimate of drug-likeness (QED) is 0.181. The number of benzene rings is 5. The average Bonchev–Trinajstić information content (AvgIpc) is 3.63. The van der Waals surface area contributed by atoms with Gasteiger partial charge in [0.15, 0.2) is 0 Å². The molecule has 1 aliphatic heterocycles. The Morgan fingerprint density at radius 2 is 1.54 bits per heavy atom. The lowest BCUT2D eigenvalue weighted by Crippen LogP contribution is -2.18. The summed E-state index contributed by atoms with van der Waals surface area (Å²) in [5.41, 5.74) is 5.87. The summed E-state index contributed by atoms with van der Waals surface area (Å²) in [6, 6.07) is 34.2. The molecule has 0 saturated heterocycles. The largest absolute Gasteiger partial charge is 0.269 e. The maximum atomic E-state index is 13.8. The second kappa shape index (κ2) is 8.69. The van der Waals surface area contributed by atoms with Crippen LogP contribution < -0.4 is 10.6 Å². The molecule has 196 valence electrons. The molecule has 0 amide bonds. The van der Waals surface area contributed by atoms with Crippen molar-refractivity contribution in [3.63, 3.8) is 0 Å². The molecule has 0 bridgehead atoms. The smallest absolute Gasteiger partial charge is 0.268 e. The number of imidazole rings is 1. The topological polar surface area (TPSA) is 93.1 Å². The monoisotopic (exact) mass is 535 g/mol. The van der Waals surface area contributed by atoms with Crippen molar-refractivity contribution in [1.82, 2.24) is 9.38 Å². The van der Waals surface area contributed by atoms with Crippen LogP contribution in [0.4, 0.5) is 11.4 Å². The number of aromatic nitrogens is 2. The van der Waals surface area contributed by atoms with Crippen molar-refractivity contribution in [2.45, 2.75) is 12.5 Å². The zero-order valence-electron chi connectivity index (χ0n) is 21.6.